The molecule has 1 nitrogen and oxygen atoms in total. The summed E-state index contributed by atoms with van der Waals surface area (Å²) in [6.45, 7) is 10.8. The minimum atomic E-state index is -0.0156. The van der Waals surface area contributed by atoms with Gasteiger partial charge in [-0.05, 0) is 25.7 Å². The zero-order valence-electron chi connectivity index (χ0n) is 7.69. The van der Waals surface area contributed by atoms with Crippen molar-refractivity contribution in [2.24, 2.45) is 11.1 Å². The minimum absolute atomic E-state index is 0. The summed E-state index contributed by atoms with van der Waals surface area (Å²) in [5.41, 5.74) is 6.17. The fourth-order valence-electron chi connectivity index (χ4n) is 1.37. The first-order valence-electron chi connectivity index (χ1n) is 3.50. The van der Waals surface area contributed by atoms with Crippen LogP contribution in [0.1, 0.15) is 41.0 Å². The number of hydrogen-bond donors (Lipinski definition) is 1. The Morgan fingerprint density at radius 1 is 1.00 bits per heavy atom. The molecule has 0 spiro atoms. The van der Waals surface area contributed by atoms with Gasteiger partial charge >= 0.3 is 0 Å². The van der Waals surface area contributed by atoms with E-state index in [4.69, 9.17) is 5.73 Å². The van der Waals surface area contributed by atoms with Crippen LogP contribution in [-0.4, -0.2) is 5.54 Å². The van der Waals surface area contributed by atoms with Gasteiger partial charge in [-0.15, -0.1) is 24.0 Å². The van der Waals surface area contributed by atoms with Gasteiger partial charge in [0.25, 0.3) is 0 Å². The van der Waals surface area contributed by atoms with Crippen LogP contribution < -0.4 is 5.73 Å². The van der Waals surface area contributed by atoms with Crippen LogP contribution in [-0.2, 0) is 0 Å². The Bertz CT molecular complexity index is 74.4. The van der Waals surface area contributed by atoms with E-state index < -0.39 is 0 Å². The van der Waals surface area contributed by atoms with E-state index in [9.17, 15) is 0 Å². The summed E-state index contributed by atoms with van der Waals surface area (Å²) in [4.78, 5) is 0. The van der Waals surface area contributed by atoms with Crippen LogP contribution in [0.15, 0.2) is 0 Å². The van der Waals surface area contributed by atoms with Gasteiger partial charge in [0.15, 0.2) is 0 Å². The molecule has 0 aliphatic rings. The highest BCUT2D eigenvalue weighted by Crippen LogP contribution is 2.24. The Balaban J connectivity index is 0. The Morgan fingerprint density at radius 3 is 1.30 bits per heavy atom. The van der Waals surface area contributed by atoms with Crippen molar-refractivity contribution in [1.29, 1.82) is 0 Å². The third kappa shape index (κ3) is 11.5. The summed E-state index contributed by atoms with van der Waals surface area (Å²) >= 11 is 0. The fourth-order valence-corrected chi connectivity index (χ4v) is 1.37. The molecule has 0 bridgehead atoms. The highest BCUT2D eigenvalue weighted by Gasteiger charge is 2.20. The highest BCUT2D eigenvalue weighted by molar-refractivity contribution is 14.0. The molecule has 0 aromatic heterocycles. The molecule has 0 radical (unpaired) electrons. The van der Waals surface area contributed by atoms with E-state index in [-0.39, 0.29) is 29.5 Å². The van der Waals surface area contributed by atoms with Gasteiger partial charge in [-0.2, -0.15) is 0 Å². The number of halogens is 1. The maximum atomic E-state index is 5.82. The molecule has 0 fully saturated rings. The molecule has 0 aromatic rings. The molecular formula is C8H20IN. The van der Waals surface area contributed by atoms with Crippen molar-refractivity contribution in [3.05, 3.63) is 0 Å². The highest BCUT2D eigenvalue weighted by atomic mass is 127. The van der Waals surface area contributed by atoms with Crippen molar-refractivity contribution < 1.29 is 0 Å². The molecule has 0 saturated heterocycles. The molecule has 0 saturated carbocycles. The summed E-state index contributed by atoms with van der Waals surface area (Å²) in [5, 5.41) is 0. The molecule has 0 atom stereocenters. The predicted octanol–water partition coefficient (Wildman–Crippen LogP) is 2.78. The molecule has 0 aromatic carbocycles. The average Bonchev–Trinajstić information content (AvgIpc) is 1.14. The van der Waals surface area contributed by atoms with E-state index in [1.807, 2.05) is 0 Å². The summed E-state index contributed by atoms with van der Waals surface area (Å²) in [6.07, 6.45) is 1.07. The van der Waals surface area contributed by atoms with Gasteiger partial charge in [0.05, 0.1) is 0 Å². The van der Waals surface area contributed by atoms with Gasteiger partial charge < -0.3 is 5.73 Å². The molecule has 2 N–H and O–H groups in total. The third-order valence-corrected chi connectivity index (χ3v) is 0.986. The fraction of sp³-hybridized carbons (Fsp3) is 1.00. The molecule has 10 heavy (non-hydrogen) atoms. The van der Waals surface area contributed by atoms with Crippen LogP contribution in [0, 0.1) is 5.41 Å². The van der Waals surface area contributed by atoms with Crippen molar-refractivity contribution in [3.63, 3.8) is 0 Å². The van der Waals surface area contributed by atoms with Crippen LogP contribution in [0.2, 0.25) is 0 Å². The van der Waals surface area contributed by atoms with Crippen molar-refractivity contribution in [3.8, 4) is 0 Å². The van der Waals surface area contributed by atoms with Crippen molar-refractivity contribution in [1.82, 2.24) is 0 Å². The second-order valence-corrected chi connectivity index (χ2v) is 4.73. The summed E-state index contributed by atoms with van der Waals surface area (Å²) in [5.74, 6) is 0. The number of hydrogen-bond acceptors (Lipinski definition) is 1. The maximum Gasteiger partial charge on any atom is 0.0102 e. The quantitative estimate of drug-likeness (QED) is 0.718. The van der Waals surface area contributed by atoms with Gasteiger partial charge in [0.1, 0.15) is 0 Å². The number of nitrogens with two attached hydrogens (primary N) is 1. The van der Waals surface area contributed by atoms with E-state index >= 15 is 0 Å². The molecule has 0 heterocycles. The molecule has 0 unspecified atom stereocenters. The minimum Gasteiger partial charge on any atom is -0.326 e. The van der Waals surface area contributed by atoms with Gasteiger partial charge in [-0.3, -0.25) is 0 Å². The summed E-state index contributed by atoms with van der Waals surface area (Å²) in [6, 6.07) is 0. The molecule has 0 rings (SSSR count). The summed E-state index contributed by atoms with van der Waals surface area (Å²) in [7, 11) is 0. The molecule has 64 valence electrons. The van der Waals surface area contributed by atoms with Gasteiger partial charge in [-0.25, -0.2) is 0 Å². The third-order valence-electron chi connectivity index (χ3n) is 0.986. The lowest BCUT2D eigenvalue weighted by molar-refractivity contribution is 0.286. The lowest BCUT2D eigenvalue weighted by atomic mass is 9.82. The second kappa shape index (κ2) is 3.90. The van der Waals surface area contributed by atoms with E-state index in [1.165, 1.54) is 0 Å². The molecule has 0 aliphatic heterocycles. The zero-order chi connectivity index (χ0) is 7.71. The van der Waals surface area contributed by atoms with Gasteiger partial charge in [0.2, 0.25) is 0 Å². The van der Waals surface area contributed by atoms with Gasteiger partial charge in [-0.1, -0.05) is 20.8 Å². The molecular weight excluding hydrogens is 237 g/mol. The monoisotopic (exact) mass is 257 g/mol. The molecule has 0 aliphatic carbocycles. The second-order valence-electron chi connectivity index (χ2n) is 4.73. The largest absolute Gasteiger partial charge is 0.326 e. The molecule has 2 heteroatoms. The van der Waals surface area contributed by atoms with E-state index in [0.717, 1.165) is 6.42 Å². The van der Waals surface area contributed by atoms with Crippen molar-refractivity contribution in [2.75, 3.05) is 0 Å². The lowest BCUT2D eigenvalue weighted by Gasteiger charge is -2.28. The summed E-state index contributed by atoms with van der Waals surface area (Å²) < 4.78 is 0. The van der Waals surface area contributed by atoms with Crippen LogP contribution in [0.5, 0.6) is 0 Å². The smallest absolute Gasteiger partial charge is 0.0102 e. The Kier molecular flexibility index (Phi) is 5.19. The number of rotatable bonds is 1. The lowest BCUT2D eigenvalue weighted by Crippen LogP contribution is -2.36. The van der Waals surface area contributed by atoms with E-state index in [2.05, 4.69) is 34.6 Å². The Labute approximate surface area is 81.8 Å². The first-order valence-corrected chi connectivity index (χ1v) is 3.50. The Morgan fingerprint density at radius 2 is 1.30 bits per heavy atom. The van der Waals surface area contributed by atoms with Crippen LogP contribution in [0.3, 0.4) is 0 Å². The predicted molar refractivity (Wildman–Crippen MR) is 57.8 cm³/mol. The van der Waals surface area contributed by atoms with Crippen LogP contribution in [0.4, 0.5) is 0 Å². The maximum absolute atomic E-state index is 5.82. The zero-order valence-corrected chi connectivity index (χ0v) is 10.0. The average molecular weight is 257 g/mol. The van der Waals surface area contributed by atoms with Gasteiger partial charge in [0, 0.05) is 5.54 Å². The first kappa shape index (κ1) is 13.3. The van der Waals surface area contributed by atoms with E-state index in [0.29, 0.717) is 5.41 Å². The van der Waals surface area contributed by atoms with Crippen molar-refractivity contribution in [2.45, 2.75) is 46.6 Å². The normalized spacial score (nSPS) is 12.6. The van der Waals surface area contributed by atoms with E-state index in [1.54, 1.807) is 0 Å². The standard InChI is InChI=1S/C8H19N.HI/c1-7(2,3)6-8(4,5)9;/h6,9H2,1-5H3;1H. The van der Waals surface area contributed by atoms with Crippen LogP contribution >= 0.6 is 24.0 Å². The van der Waals surface area contributed by atoms with Crippen molar-refractivity contribution >= 4 is 24.0 Å². The van der Waals surface area contributed by atoms with Crippen LogP contribution in [0.25, 0.3) is 0 Å². The SMILES string of the molecule is CC(C)(C)CC(C)(C)N.I. The Hall–Kier alpha value is 0.690. The topological polar surface area (TPSA) is 26.0 Å². The molecule has 0 amide bonds. The first-order chi connectivity index (χ1) is 3.71.